The van der Waals surface area contributed by atoms with Gasteiger partial charge in [-0.25, -0.2) is 9.59 Å². The van der Waals surface area contributed by atoms with Gasteiger partial charge in [-0.05, 0) is 48.5 Å². The zero-order valence-corrected chi connectivity index (χ0v) is 13.6. The van der Waals surface area contributed by atoms with Crippen molar-refractivity contribution >= 4 is 23.8 Å². The molecular formula is C16H22N2O3S. The number of benzene rings is 1. The maximum Gasteiger partial charge on any atom is 0.335 e. The van der Waals surface area contributed by atoms with Crippen LogP contribution < -0.4 is 5.32 Å². The molecule has 1 aliphatic heterocycles. The summed E-state index contributed by atoms with van der Waals surface area (Å²) >= 11 is 1.83. The number of carboxylic acid groups (broad SMARTS) is 1. The number of carbonyl (C=O) groups is 2. The van der Waals surface area contributed by atoms with Crippen molar-refractivity contribution in [1.29, 1.82) is 0 Å². The molecule has 120 valence electrons. The summed E-state index contributed by atoms with van der Waals surface area (Å²) in [5.41, 5.74) is 1.15. The van der Waals surface area contributed by atoms with Crippen molar-refractivity contribution in [3.8, 4) is 0 Å². The Morgan fingerprint density at radius 1 is 1.36 bits per heavy atom. The second kappa shape index (κ2) is 8.08. The molecule has 1 fully saturated rings. The molecule has 1 atom stereocenters. The molecule has 5 nitrogen and oxygen atoms in total. The fraction of sp³-hybridized carbons (Fsp3) is 0.500. The zero-order chi connectivity index (χ0) is 15.9. The molecule has 0 saturated carbocycles. The van der Waals surface area contributed by atoms with Crippen LogP contribution in [0, 0.1) is 5.92 Å². The van der Waals surface area contributed by atoms with Gasteiger partial charge in [-0.2, -0.15) is 11.8 Å². The van der Waals surface area contributed by atoms with E-state index in [2.05, 4.69) is 11.6 Å². The summed E-state index contributed by atoms with van der Waals surface area (Å²) in [6.07, 6.45) is 4.35. The number of amides is 2. The lowest BCUT2D eigenvalue weighted by Gasteiger charge is -2.32. The normalized spacial score (nSPS) is 18.0. The fourth-order valence-corrected chi connectivity index (χ4v) is 3.42. The van der Waals surface area contributed by atoms with Gasteiger partial charge in [0.2, 0.25) is 0 Å². The average molecular weight is 322 g/mol. The number of carboxylic acids is 1. The third-order valence-corrected chi connectivity index (χ3v) is 4.66. The maximum atomic E-state index is 12.2. The first kappa shape index (κ1) is 16.7. The predicted octanol–water partition coefficient (Wildman–Crippen LogP) is 2.67. The van der Waals surface area contributed by atoms with E-state index in [-0.39, 0.29) is 11.6 Å². The van der Waals surface area contributed by atoms with Crippen LogP contribution in [0.5, 0.6) is 0 Å². The van der Waals surface area contributed by atoms with E-state index in [1.54, 1.807) is 24.3 Å². The third-order valence-electron chi connectivity index (χ3n) is 3.85. The van der Waals surface area contributed by atoms with Gasteiger partial charge in [0.15, 0.2) is 0 Å². The second-order valence-corrected chi connectivity index (χ2v) is 6.48. The predicted molar refractivity (Wildman–Crippen MR) is 88.3 cm³/mol. The molecule has 1 saturated heterocycles. The van der Waals surface area contributed by atoms with Crippen LogP contribution in [0.4, 0.5) is 4.79 Å². The summed E-state index contributed by atoms with van der Waals surface area (Å²) in [5, 5.41) is 11.8. The van der Waals surface area contributed by atoms with E-state index < -0.39 is 5.97 Å². The average Bonchev–Trinajstić information content (AvgIpc) is 2.53. The number of likely N-dealkylation sites (tertiary alicyclic amines) is 1. The van der Waals surface area contributed by atoms with Gasteiger partial charge in [0.1, 0.15) is 0 Å². The second-order valence-electron chi connectivity index (χ2n) is 5.57. The molecule has 1 aromatic rings. The minimum absolute atomic E-state index is 0.0342. The molecule has 22 heavy (non-hydrogen) atoms. The van der Waals surface area contributed by atoms with E-state index in [0.717, 1.165) is 30.8 Å². The van der Waals surface area contributed by atoms with E-state index in [9.17, 15) is 9.59 Å². The van der Waals surface area contributed by atoms with E-state index in [1.165, 1.54) is 6.42 Å². The standard InChI is InChI=1S/C16H22N2O3S/c1-22-11-13-3-2-8-18(10-13)16(21)17-9-12-4-6-14(7-5-12)15(19)20/h4-7,13H,2-3,8-11H2,1H3,(H,17,21)(H,19,20). The van der Waals surface area contributed by atoms with Gasteiger partial charge < -0.3 is 15.3 Å². The maximum absolute atomic E-state index is 12.2. The number of piperidine rings is 1. The van der Waals surface area contributed by atoms with Crippen molar-refractivity contribution in [1.82, 2.24) is 10.2 Å². The molecule has 0 aromatic heterocycles. The number of aromatic carboxylic acids is 1. The molecule has 1 aliphatic rings. The molecule has 1 unspecified atom stereocenters. The van der Waals surface area contributed by atoms with Crippen LogP contribution in [0.3, 0.4) is 0 Å². The Balaban J connectivity index is 1.83. The molecule has 0 bridgehead atoms. The van der Waals surface area contributed by atoms with E-state index in [4.69, 9.17) is 5.11 Å². The quantitative estimate of drug-likeness (QED) is 0.874. The number of rotatable bonds is 5. The summed E-state index contributed by atoms with van der Waals surface area (Å²) in [6, 6.07) is 6.54. The first-order valence-electron chi connectivity index (χ1n) is 7.44. The van der Waals surface area contributed by atoms with E-state index in [0.29, 0.717) is 12.5 Å². The summed E-state index contributed by atoms with van der Waals surface area (Å²) in [6.45, 7) is 2.06. The summed E-state index contributed by atoms with van der Waals surface area (Å²) in [4.78, 5) is 24.9. The Morgan fingerprint density at radius 3 is 2.73 bits per heavy atom. The van der Waals surface area contributed by atoms with Crippen molar-refractivity contribution in [2.75, 3.05) is 25.1 Å². The highest BCUT2D eigenvalue weighted by molar-refractivity contribution is 7.98. The minimum atomic E-state index is -0.941. The number of carbonyl (C=O) groups excluding carboxylic acids is 1. The SMILES string of the molecule is CSCC1CCCN(C(=O)NCc2ccc(C(=O)O)cc2)C1. The first-order chi connectivity index (χ1) is 10.6. The Hall–Kier alpha value is -1.69. The van der Waals surface area contributed by atoms with Crippen molar-refractivity contribution in [3.63, 3.8) is 0 Å². The summed E-state index contributed by atoms with van der Waals surface area (Å²) in [5.74, 6) is 0.744. The summed E-state index contributed by atoms with van der Waals surface area (Å²) in [7, 11) is 0. The number of nitrogens with one attached hydrogen (secondary N) is 1. The van der Waals surface area contributed by atoms with Crippen molar-refractivity contribution in [2.45, 2.75) is 19.4 Å². The number of hydrogen-bond acceptors (Lipinski definition) is 3. The lowest BCUT2D eigenvalue weighted by atomic mass is 10.0. The van der Waals surface area contributed by atoms with Crippen LogP contribution in [0.2, 0.25) is 0 Å². The Morgan fingerprint density at radius 2 is 2.09 bits per heavy atom. The van der Waals surface area contributed by atoms with Crippen LogP contribution in [0.15, 0.2) is 24.3 Å². The number of hydrogen-bond donors (Lipinski definition) is 2. The largest absolute Gasteiger partial charge is 0.478 e. The van der Waals surface area contributed by atoms with Gasteiger partial charge in [-0.3, -0.25) is 0 Å². The van der Waals surface area contributed by atoms with Gasteiger partial charge in [0.25, 0.3) is 0 Å². The zero-order valence-electron chi connectivity index (χ0n) is 12.7. The van der Waals surface area contributed by atoms with Crippen molar-refractivity contribution in [2.24, 2.45) is 5.92 Å². The van der Waals surface area contributed by atoms with Crippen LogP contribution in [0.1, 0.15) is 28.8 Å². The first-order valence-corrected chi connectivity index (χ1v) is 8.83. The van der Waals surface area contributed by atoms with Gasteiger partial charge in [-0.15, -0.1) is 0 Å². The molecule has 0 aliphatic carbocycles. The Labute approximate surface area is 135 Å². The monoisotopic (exact) mass is 322 g/mol. The van der Waals surface area contributed by atoms with Gasteiger partial charge in [0.05, 0.1) is 5.56 Å². The lowest BCUT2D eigenvalue weighted by Crippen LogP contribution is -2.45. The molecule has 0 spiro atoms. The molecule has 2 amide bonds. The van der Waals surface area contributed by atoms with Gasteiger partial charge in [0, 0.05) is 19.6 Å². The van der Waals surface area contributed by atoms with Crippen molar-refractivity contribution < 1.29 is 14.7 Å². The molecule has 1 aromatic carbocycles. The van der Waals surface area contributed by atoms with Crippen LogP contribution in [-0.2, 0) is 6.54 Å². The smallest absolute Gasteiger partial charge is 0.335 e. The third kappa shape index (κ3) is 4.66. The van der Waals surface area contributed by atoms with Gasteiger partial charge in [-0.1, -0.05) is 12.1 Å². The number of urea groups is 1. The van der Waals surface area contributed by atoms with E-state index >= 15 is 0 Å². The molecular weight excluding hydrogens is 300 g/mol. The molecule has 6 heteroatoms. The lowest BCUT2D eigenvalue weighted by molar-refractivity contribution is 0.0697. The van der Waals surface area contributed by atoms with Crippen LogP contribution >= 0.6 is 11.8 Å². The number of nitrogens with zero attached hydrogens (tertiary/aromatic N) is 1. The fourth-order valence-electron chi connectivity index (χ4n) is 2.68. The summed E-state index contributed by atoms with van der Waals surface area (Å²) < 4.78 is 0. The Bertz CT molecular complexity index is 517. The van der Waals surface area contributed by atoms with Gasteiger partial charge >= 0.3 is 12.0 Å². The molecule has 2 N–H and O–H groups in total. The highest BCUT2D eigenvalue weighted by atomic mass is 32.2. The Kier molecular flexibility index (Phi) is 6.12. The highest BCUT2D eigenvalue weighted by Gasteiger charge is 2.22. The van der Waals surface area contributed by atoms with Crippen molar-refractivity contribution in [3.05, 3.63) is 35.4 Å². The molecule has 0 radical (unpaired) electrons. The number of thioether (sulfide) groups is 1. The van der Waals surface area contributed by atoms with E-state index in [1.807, 2.05) is 16.7 Å². The molecule has 1 heterocycles. The minimum Gasteiger partial charge on any atom is -0.478 e. The van der Waals surface area contributed by atoms with Crippen LogP contribution in [0.25, 0.3) is 0 Å². The topological polar surface area (TPSA) is 69.6 Å². The molecule has 2 rings (SSSR count). The highest BCUT2D eigenvalue weighted by Crippen LogP contribution is 2.19. The van der Waals surface area contributed by atoms with Crippen LogP contribution in [-0.4, -0.2) is 47.1 Å².